The Hall–Kier alpha value is -3.82. The Bertz CT molecular complexity index is 1380. The van der Waals surface area contributed by atoms with Crippen LogP contribution in [0.3, 0.4) is 0 Å². The maximum atomic E-state index is 14.4. The van der Waals surface area contributed by atoms with Crippen molar-refractivity contribution in [3.63, 3.8) is 0 Å². The minimum absolute atomic E-state index is 0.0201. The highest BCUT2D eigenvalue weighted by Crippen LogP contribution is 2.32. The first-order valence-corrected chi connectivity index (χ1v) is 11.5. The summed E-state index contributed by atoms with van der Waals surface area (Å²) in [4.78, 5) is 20.5. The van der Waals surface area contributed by atoms with Crippen LogP contribution in [0.15, 0.2) is 54.7 Å². The molecule has 1 unspecified atom stereocenters. The first kappa shape index (κ1) is 22.9. The number of fused-ring (bicyclic) bond motifs is 1. The van der Waals surface area contributed by atoms with E-state index in [1.807, 2.05) is 35.9 Å². The Kier molecular flexibility index (Phi) is 6.43. The molecule has 9 heteroatoms. The average molecular weight is 476 g/mol. The standard InChI is InChI=1S/C26H26FN5O3/c1-32-25-5-3-20(35-21-6-8-29-18(11-21)10-19(33)14-28)13-24(25)31-26(32)30-17-2-4-23(27)22(12-17)16-7-9-34-15-16/h2-6,8,11-13,16H,7,9-10,14-15,28H2,1H3,(H,30,31). The number of halogens is 1. The van der Waals surface area contributed by atoms with Crippen molar-refractivity contribution in [2.45, 2.75) is 18.8 Å². The molecule has 3 N–H and O–H groups in total. The number of benzene rings is 2. The molecular formula is C26H26FN5O3. The third-order valence-corrected chi connectivity index (χ3v) is 6.10. The van der Waals surface area contributed by atoms with Crippen LogP contribution in [0.2, 0.25) is 0 Å². The number of imidazole rings is 1. The van der Waals surface area contributed by atoms with Crippen LogP contribution < -0.4 is 15.8 Å². The molecular weight excluding hydrogens is 449 g/mol. The van der Waals surface area contributed by atoms with Gasteiger partial charge in [0.1, 0.15) is 17.3 Å². The molecule has 8 nitrogen and oxygen atoms in total. The number of rotatable bonds is 8. The summed E-state index contributed by atoms with van der Waals surface area (Å²) in [6, 6.07) is 14.1. The molecule has 1 aliphatic heterocycles. The molecule has 2 aromatic carbocycles. The number of aryl methyl sites for hydroxylation is 1. The molecule has 0 aliphatic carbocycles. The summed E-state index contributed by atoms with van der Waals surface area (Å²) in [6.45, 7) is 1.18. The first-order chi connectivity index (χ1) is 17.0. The van der Waals surface area contributed by atoms with Gasteiger partial charge in [-0.3, -0.25) is 9.78 Å². The Labute approximate surface area is 201 Å². The summed E-state index contributed by atoms with van der Waals surface area (Å²) >= 11 is 0. The fourth-order valence-electron chi connectivity index (χ4n) is 4.22. The van der Waals surface area contributed by atoms with E-state index in [4.69, 9.17) is 20.2 Å². The molecule has 180 valence electrons. The Morgan fingerprint density at radius 3 is 2.89 bits per heavy atom. The Morgan fingerprint density at radius 2 is 2.09 bits per heavy atom. The molecule has 0 amide bonds. The number of Topliss-reactive ketones (excluding diaryl/α,β-unsaturated/α-hetero) is 1. The smallest absolute Gasteiger partial charge is 0.208 e. The lowest BCUT2D eigenvalue weighted by Gasteiger charge is -2.12. The molecule has 0 bridgehead atoms. The van der Waals surface area contributed by atoms with Gasteiger partial charge < -0.3 is 25.1 Å². The van der Waals surface area contributed by atoms with E-state index in [1.165, 1.54) is 6.07 Å². The minimum atomic E-state index is -0.218. The number of hydrogen-bond acceptors (Lipinski definition) is 7. The number of aromatic nitrogens is 3. The maximum Gasteiger partial charge on any atom is 0.208 e. The fourth-order valence-corrected chi connectivity index (χ4v) is 4.22. The van der Waals surface area contributed by atoms with Gasteiger partial charge in [0.15, 0.2) is 5.78 Å². The van der Waals surface area contributed by atoms with Crippen LogP contribution in [0.5, 0.6) is 11.5 Å². The summed E-state index contributed by atoms with van der Waals surface area (Å²) in [5.41, 5.74) is 9.08. The van der Waals surface area contributed by atoms with Gasteiger partial charge in [-0.1, -0.05) is 0 Å². The Morgan fingerprint density at radius 1 is 1.23 bits per heavy atom. The SMILES string of the molecule is Cn1c(Nc2ccc(F)c(C3CCOC3)c2)nc2cc(Oc3ccnc(CC(=O)CN)c3)ccc21. The van der Waals surface area contributed by atoms with Crippen LogP contribution in [0.25, 0.3) is 11.0 Å². The van der Waals surface area contributed by atoms with Crippen LogP contribution in [-0.2, 0) is 23.0 Å². The second-order valence-electron chi connectivity index (χ2n) is 8.57. The molecule has 1 aliphatic rings. The number of ketones is 1. The highest BCUT2D eigenvalue weighted by Gasteiger charge is 2.21. The van der Waals surface area contributed by atoms with E-state index >= 15 is 0 Å². The molecule has 0 saturated carbocycles. The minimum Gasteiger partial charge on any atom is -0.457 e. The van der Waals surface area contributed by atoms with Gasteiger partial charge in [-0.15, -0.1) is 0 Å². The lowest BCUT2D eigenvalue weighted by molar-refractivity contribution is -0.117. The van der Waals surface area contributed by atoms with E-state index in [-0.39, 0.29) is 30.5 Å². The summed E-state index contributed by atoms with van der Waals surface area (Å²) in [7, 11) is 1.91. The van der Waals surface area contributed by atoms with Crippen molar-refractivity contribution in [3.8, 4) is 11.5 Å². The van der Waals surface area contributed by atoms with Gasteiger partial charge in [0.2, 0.25) is 5.95 Å². The van der Waals surface area contributed by atoms with Crippen LogP contribution in [0.1, 0.15) is 23.6 Å². The zero-order valence-electron chi connectivity index (χ0n) is 19.3. The predicted molar refractivity (Wildman–Crippen MR) is 131 cm³/mol. The lowest BCUT2D eigenvalue weighted by Crippen LogP contribution is -2.16. The number of nitrogens with two attached hydrogens (primary N) is 1. The van der Waals surface area contributed by atoms with Gasteiger partial charge in [0.05, 0.1) is 36.3 Å². The van der Waals surface area contributed by atoms with Gasteiger partial charge in [-0.2, -0.15) is 0 Å². The molecule has 5 rings (SSSR count). The van der Waals surface area contributed by atoms with Gasteiger partial charge >= 0.3 is 0 Å². The molecule has 3 heterocycles. The Balaban J connectivity index is 1.36. The van der Waals surface area contributed by atoms with Crippen molar-refractivity contribution in [2.75, 3.05) is 25.1 Å². The third-order valence-electron chi connectivity index (χ3n) is 6.10. The van der Waals surface area contributed by atoms with E-state index in [0.717, 1.165) is 23.1 Å². The van der Waals surface area contributed by atoms with E-state index < -0.39 is 0 Å². The molecule has 35 heavy (non-hydrogen) atoms. The molecule has 1 atom stereocenters. The molecule has 0 radical (unpaired) electrons. The van der Waals surface area contributed by atoms with Crippen molar-refractivity contribution in [1.82, 2.24) is 14.5 Å². The largest absolute Gasteiger partial charge is 0.457 e. The van der Waals surface area contributed by atoms with Crippen molar-refractivity contribution < 1.29 is 18.7 Å². The van der Waals surface area contributed by atoms with E-state index in [2.05, 4.69) is 10.3 Å². The zero-order valence-corrected chi connectivity index (χ0v) is 19.3. The van der Waals surface area contributed by atoms with Gasteiger partial charge in [-0.25, -0.2) is 9.37 Å². The highest BCUT2D eigenvalue weighted by atomic mass is 19.1. The van der Waals surface area contributed by atoms with Crippen molar-refractivity contribution in [1.29, 1.82) is 0 Å². The van der Waals surface area contributed by atoms with Gasteiger partial charge in [0.25, 0.3) is 0 Å². The monoisotopic (exact) mass is 475 g/mol. The lowest BCUT2D eigenvalue weighted by atomic mass is 9.97. The quantitative estimate of drug-likeness (QED) is 0.393. The molecule has 0 spiro atoms. The van der Waals surface area contributed by atoms with E-state index in [1.54, 1.807) is 24.4 Å². The molecule has 4 aromatic rings. The van der Waals surface area contributed by atoms with E-state index in [9.17, 15) is 9.18 Å². The van der Waals surface area contributed by atoms with Gasteiger partial charge in [0, 0.05) is 43.6 Å². The number of ether oxygens (including phenoxy) is 2. The number of nitrogens with one attached hydrogen (secondary N) is 1. The second kappa shape index (κ2) is 9.81. The predicted octanol–water partition coefficient (Wildman–Crippen LogP) is 4.22. The van der Waals surface area contributed by atoms with Crippen molar-refractivity contribution >= 4 is 28.5 Å². The summed E-state index contributed by atoms with van der Waals surface area (Å²) in [6.07, 6.45) is 2.59. The molecule has 1 saturated heterocycles. The first-order valence-electron chi connectivity index (χ1n) is 11.5. The van der Waals surface area contributed by atoms with Crippen LogP contribution in [0.4, 0.5) is 16.0 Å². The van der Waals surface area contributed by atoms with Crippen LogP contribution >= 0.6 is 0 Å². The fraction of sp³-hybridized carbons (Fsp3) is 0.269. The third kappa shape index (κ3) is 5.01. The molecule has 2 aromatic heterocycles. The second-order valence-corrected chi connectivity index (χ2v) is 8.57. The number of carbonyl (C=O) groups excluding carboxylic acids is 1. The van der Waals surface area contributed by atoms with Crippen molar-refractivity contribution in [2.24, 2.45) is 12.8 Å². The number of pyridine rings is 1. The number of hydrogen-bond donors (Lipinski definition) is 2. The number of nitrogens with zero attached hydrogens (tertiary/aromatic N) is 3. The normalized spacial score (nSPS) is 15.5. The number of anilines is 2. The van der Waals surface area contributed by atoms with Crippen LogP contribution in [-0.4, -0.2) is 40.1 Å². The topological polar surface area (TPSA) is 104 Å². The van der Waals surface area contributed by atoms with E-state index in [0.29, 0.717) is 41.9 Å². The average Bonchev–Trinajstić information content (AvgIpc) is 3.49. The summed E-state index contributed by atoms with van der Waals surface area (Å²) < 4.78 is 27.7. The maximum absolute atomic E-state index is 14.4. The zero-order chi connectivity index (χ0) is 24.4. The summed E-state index contributed by atoms with van der Waals surface area (Å²) in [5, 5.41) is 3.31. The highest BCUT2D eigenvalue weighted by molar-refractivity contribution is 5.82. The summed E-state index contributed by atoms with van der Waals surface area (Å²) in [5.74, 6) is 1.57. The van der Waals surface area contributed by atoms with Crippen LogP contribution in [0, 0.1) is 5.82 Å². The molecule has 1 fully saturated rings. The van der Waals surface area contributed by atoms with Gasteiger partial charge in [-0.05, 0) is 48.4 Å². The van der Waals surface area contributed by atoms with Crippen molar-refractivity contribution in [3.05, 3.63) is 71.8 Å². The number of carbonyl (C=O) groups is 1.